The van der Waals surface area contributed by atoms with Gasteiger partial charge in [-0.15, -0.1) is 0 Å². The Labute approximate surface area is 114 Å². The first kappa shape index (κ1) is 15.9. The number of morpholine rings is 1. The van der Waals surface area contributed by atoms with E-state index in [1.165, 1.54) is 0 Å². The van der Waals surface area contributed by atoms with E-state index in [2.05, 4.69) is 16.0 Å². The number of carbonyl (C=O) groups excluding carboxylic acids is 2. The highest BCUT2D eigenvalue weighted by Crippen LogP contribution is 1.99. The fraction of sp³-hybridized carbons (Fsp3) is 0.846. The summed E-state index contributed by atoms with van der Waals surface area (Å²) in [6.45, 7) is 7.63. The molecule has 3 N–H and O–H groups in total. The number of hydrogen-bond donors (Lipinski definition) is 3. The lowest BCUT2D eigenvalue weighted by Gasteiger charge is -2.24. The Morgan fingerprint density at radius 1 is 1.37 bits per heavy atom. The van der Waals surface area contributed by atoms with Crippen LogP contribution in [-0.4, -0.2) is 49.7 Å². The molecule has 0 aromatic heterocycles. The molecular formula is C13H25N3O3. The molecular weight excluding hydrogens is 246 g/mol. The lowest BCUT2D eigenvalue weighted by molar-refractivity contribution is -0.129. The van der Waals surface area contributed by atoms with Crippen molar-refractivity contribution in [3.8, 4) is 0 Å². The first-order valence-corrected chi connectivity index (χ1v) is 6.93. The minimum atomic E-state index is -0.508. The van der Waals surface area contributed by atoms with Crippen molar-refractivity contribution in [3.63, 3.8) is 0 Å². The van der Waals surface area contributed by atoms with Crippen LogP contribution in [0.5, 0.6) is 0 Å². The van der Waals surface area contributed by atoms with E-state index < -0.39 is 6.04 Å². The predicted molar refractivity (Wildman–Crippen MR) is 72.7 cm³/mol. The van der Waals surface area contributed by atoms with Gasteiger partial charge < -0.3 is 20.7 Å². The Bertz CT molecular complexity index is 304. The maximum Gasteiger partial charge on any atom is 0.242 e. The quantitative estimate of drug-likeness (QED) is 0.624. The third kappa shape index (κ3) is 6.02. The van der Waals surface area contributed by atoms with Crippen LogP contribution < -0.4 is 16.0 Å². The summed E-state index contributed by atoms with van der Waals surface area (Å²) in [6, 6.07) is -0.343. The SMILES string of the molecule is CCC(C)NC(=O)C(C)NC(=O)CC1COCCN1. The number of rotatable bonds is 6. The van der Waals surface area contributed by atoms with E-state index in [1.807, 2.05) is 13.8 Å². The largest absolute Gasteiger partial charge is 0.378 e. The van der Waals surface area contributed by atoms with E-state index in [1.54, 1.807) is 6.92 Å². The van der Waals surface area contributed by atoms with Crippen molar-refractivity contribution in [2.24, 2.45) is 0 Å². The van der Waals surface area contributed by atoms with E-state index in [0.29, 0.717) is 19.6 Å². The number of ether oxygens (including phenoxy) is 1. The molecule has 3 unspecified atom stereocenters. The summed E-state index contributed by atoms with van der Waals surface area (Å²) < 4.78 is 5.28. The van der Waals surface area contributed by atoms with Crippen molar-refractivity contribution in [1.82, 2.24) is 16.0 Å². The van der Waals surface area contributed by atoms with Gasteiger partial charge in [0.1, 0.15) is 6.04 Å². The van der Waals surface area contributed by atoms with Crippen LogP contribution in [0.2, 0.25) is 0 Å². The van der Waals surface area contributed by atoms with Crippen molar-refractivity contribution >= 4 is 11.8 Å². The summed E-state index contributed by atoms with van der Waals surface area (Å²) in [4.78, 5) is 23.6. The van der Waals surface area contributed by atoms with Gasteiger partial charge in [-0.25, -0.2) is 0 Å². The molecule has 0 bridgehead atoms. The van der Waals surface area contributed by atoms with Crippen LogP contribution in [0.25, 0.3) is 0 Å². The maximum atomic E-state index is 11.8. The average Bonchev–Trinajstić information content (AvgIpc) is 2.39. The van der Waals surface area contributed by atoms with Crippen LogP contribution in [-0.2, 0) is 14.3 Å². The van der Waals surface area contributed by atoms with Gasteiger partial charge in [0.2, 0.25) is 11.8 Å². The Balaban J connectivity index is 2.28. The molecule has 0 radical (unpaired) electrons. The van der Waals surface area contributed by atoms with Crippen molar-refractivity contribution in [1.29, 1.82) is 0 Å². The summed E-state index contributed by atoms with van der Waals surface area (Å²) in [7, 11) is 0. The molecule has 1 fully saturated rings. The highest BCUT2D eigenvalue weighted by molar-refractivity contribution is 5.87. The van der Waals surface area contributed by atoms with Crippen LogP contribution in [0.15, 0.2) is 0 Å². The molecule has 1 heterocycles. The number of amides is 2. The lowest BCUT2D eigenvalue weighted by Crippen LogP contribution is -2.49. The van der Waals surface area contributed by atoms with Crippen LogP contribution in [0, 0.1) is 0 Å². The Hall–Kier alpha value is -1.14. The van der Waals surface area contributed by atoms with Gasteiger partial charge in [0.05, 0.1) is 13.2 Å². The molecule has 1 aliphatic rings. The number of hydrogen-bond acceptors (Lipinski definition) is 4. The molecule has 0 aromatic carbocycles. The topological polar surface area (TPSA) is 79.5 Å². The molecule has 1 saturated heterocycles. The zero-order valence-corrected chi connectivity index (χ0v) is 12.0. The van der Waals surface area contributed by atoms with Gasteiger partial charge in [0.15, 0.2) is 0 Å². The molecule has 6 nitrogen and oxygen atoms in total. The fourth-order valence-corrected chi connectivity index (χ4v) is 1.81. The van der Waals surface area contributed by atoms with E-state index in [9.17, 15) is 9.59 Å². The molecule has 2 amide bonds. The van der Waals surface area contributed by atoms with Gasteiger partial charge >= 0.3 is 0 Å². The van der Waals surface area contributed by atoms with Crippen LogP contribution in [0.1, 0.15) is 33.6 Å². The molecule has 1 aliphatic heterocycles. The summed E-state index contributed by atoms with van der Waals surface area (Å²) in [5, 5.41) is 8.76. The third-order valence-electron chi connectivity index (χ3n) is 3.20. The monoisotopic (exact) mass is 271 g/mol. The number of carbonyl (C=O) groups is 2. The lowest BCUT2D eigenvalue weighted by atomic mass is 10.1. The van der Waals surface area contributed by atoms with E-state index in [4.69, 9.17) is 4.74 Å². The summed E-state index contributed by atoms with van der Waals surface area (Å²) in [5.41, 5.74) is 0. The van der Waals surface area contributed by atoms with E-state index in [0.717, 1.165) is 13.0 Å². The fourth-order valence-electron chi connectivity index (χ4n) is 1.81. The van der Waals surface area contributed by atoms with E-state index in [-0.39, 0.29) is 23.9 Å². The normalized spacial score (nSPS) is 22.4. The van der Waals surface area contributed by atoms with Gasteiger partial charge in [0.25, 0.3) is 0 Å². The van der Waals surface area contributed by atoms with E-state index >= 15 is 0 Å². The second-order valence-electron chi connectivity index (χ2n) is 5.04. The minimum Gasteiger partial charge on any atom is -0.378 e. The number of nitrogens with one attached hydrogen (secondary N) is 3. The standard InChI is InChI=1S/C13H25N3O3/c1-4-9(2)15-13(18)10(3)16-12(17)7-11-8-19-6-5-14-11/h9-11,14H,4-8H2,1-3H3,(H,15,18)(H,16,17). The molecule has 110 valence electrons. The average molecular weight is 271 g/mol. The van der Waals surface area contributed by atoms with Crippen molar-refractivity contribution in [3.05, 3.63) is 0 Å². The molecule has 1 rings (SSSR count). The third-order valence-corrected chi connectivity index (χ3v) is 3.20. The Morgan fingerprint density at radius 3 is 2.68 bits per heavy atom. The second-order valence-corrected chi connectivity index (χ2v) is 5.04. The van der Waals surface area contributed by atoms with Gasteiger partial charge in [0, 0.05) is 25.0 Å². The summed E-state index contributed by atoms with van der Waals surface area (Å²) >= 11 is 0. The summed E-state index contributed by atoms with van der Waals surface area (Å²) in [5.74, 6) is -0.273. The second kappa shape index (κ2) is 8.12. The first-order valence-electron chi connectivity index (χ1n) is 6.93. The van der Waals surface area contributed by atoms with Crippen molar-refractivity contribution in [2.45, 2.75) is 51.7 Å². The minimum absolute atomic E-state index is 0.0403. The molecule has 6 heteroatoms. The highest BCUT2D eigenvalue weighted by Gasteiger charge is 2.20. The van der Waals surface area contributed by atoms with Crippen LogP contribution in [0.3, 0.4) is 0 Å². The molecule has 0 spiro atoms. The molecule has 19 heavy (non-hydrogen) atoms. The zero-order valence-electron chi connectivity index (χ0n) is 12.0. The zero-order chi connectivity index (χ0) is 14.3. The van der Waals surface area contributed by atoms with Crippen molar-refractivity contribution < 1.29 is 14.3 Å². The van der Waals surface area contributed by atoms with Crippen molar-refractivity contribution in [2.75, 3.05) is 19.8 Å². The highest BCUT2D eigenvalue weighted by atomic mass is 16.5. The van der Waals surface area contributed by atoms with Crippen LogP contribution >= 0.6 is 0 Å². The molecule has 0 aromatic rings. The molecule has 3 atom stereocenters. The van der Waals surface area contributed by atoms with Gasteiger partial charge in [-0.2, -0.15) is 0 Å². The molecule has 0 aliphatic carbocycles. The first-order chi connectivity index (χ1) is 9.02. The summed E-state index contributed by atoms with van der Waals surface area (Å²) in [6.07, 6.45) is 1.21. The Kier molecular flexibility index (Phi) is 6.80. The predicted octanol–water partition coefficient (Wildman–Crippen LogP) is -0.216. The Morgan fingerprint density at radius 2 is 2.11 bits per heavy atom. The smallest absolute Gasteiger partial charge is 0.242 e. The van der Waals surface area contributed by atoms with Gasteiger partial charge in [-0.3, -0.25) is 9.59 Å². The molecule has 0 saturated carbocycles. The maximum absolute atomic E-state index is 11.8. The van der Waals surface area contributed by atoms with Crippen LogP contribution in [0.4, 0.5) is 0 Å². The van der Waals surface area contributed by atoms with Gasteiger partial charge in [-0.05, 0) is 20.3 Å². The van der Waals surface area contributed by atoms with Gasteiger partial charge in [-0.1, -0.05) is 6.92 Å².